The molecule has 65 heavy (non-hydrogen) atoms. The number of carbonyl (C=O) groups excluding carboxylic acids is 2. The molecule has 3 N–H and O–H groups in total. The number of rotatable bonds is 54. The van der Waals surface area contributed by atoms with Gasteiger partial charge in [0, 0.05) is 12.8 Å². The van der Waals surface area contributed by atoms with Crippen molar-refractivity contribution in [3.05, 3.63) is 24.3 Å². The Labute approximate surface area is 405 Å². The molecule has 0 spiro atoms. The number of carbonyl (C=O) groups is 2. The highest BCUT2D eigenvalue weighted by atomic mass is 16.5. The first-order valence-electron chi connectivity index (χ1n) is 29.1. The number of hydrogen-bond acceptors (Lipinski definition) is 5. The van der Waals surface area contributed by atoms with Crippen LogP contribution in [0.3, 0.4) is 0 Å². The van der Waals surface area contributed by atoms with E-state index in [0.29, 0.717) is 25.9 Å². The fraction of sp³-hybridized carbons (Fsp3) is 0.898. The van der Waals surface area contributed by atoms with Crippen molar-refractivity contribution in [2.45, 2.75) is 328 Å². The van der Waals surface area contributed by atoms with Crippen molar-refractivity contribution >= 4 is 11.9 Å². The Morgan fingerprint density at radius 2 is 0.754 bits per heavy atom. The molecule has 384 valence electrons. The molecule has 0 aliphatic rings. The molecule has 1 amide bonds. The molecule has 0 saturated heterocycles. The molecule has 2 unspecified atom stereocenters. The Bertz CT molecular complexity index is 1010. The van der Waals surface area contributed by atoms with E-state index in [2.05, 4.69) is 43.5 Å². The van der Waals surface area contributed by atoms with Crippen LogP contribution < -0.4 is 5.32 Å². The molecule has 0 aromatic rings. The maximum absolute atomic E-state index is 12.5. The molecule has 0 heterocycles. The quantitative estimate of drug-likeness (QED) is 0.0321. The van der Waals surface area contributed by atoms with Gasteiger partial charge in [-0.1, -0.05) is 269 Å². The van der Waals surface area contributed by atoms with Crippen LogP contribution in [0.25, 0.3) is 0 Å². The van der Waals surface area contributed by atoms with Crippen molar-refractivity contribution in [3.63, 3.8) is 0 Å². The Kier molecular flexibility index (Phi) is 53.5. The first kappa shape index (κ1) is 63.3. The van der Waals surface area contributed by atoms with Crippen LogP contribution in [-0.4, -0.2) is 47.4 Å². The highest BCUT2D eigenvalue weighted by molar-refractivity contribution is 5.76. The molecular formula is C59H113NO5. The van der Waals surface area contributed by atoms with E-state index in [-0.39, 0.29) is 18.5 Å². The lowest BCUT2D eigenvalue weighted by Crippen LogP contribution is -2.45. The molecule has 0 aromatic carbocycles. The molecule has 2 atom stereocenters. The Balaban J connectivity index is 3.45. The van der Waals surface area contributed by atoms with E-state index < -0.39 is 12.1 Å². The maximum atomic E-state index is 12.5. The average Bonchev–Trinajstić information content (AvgIpc) is 3.31. The van der Waals surface area contributed by atoms with Crippen molar-refractivity contribution < 1.29 is 24.5 Å². The number of allylic oxidation sites excluding steroid dienone is 4. The third kappa shape index (κ3) is 51.6. The van der Waals surface area contributed by atoms with E-state index in [0.717, 1.165) is 70.6 Å². The molecule has 0 aliphatic heterocycles. The Morgan fingerprint density at radius 1 is 0.431 bits per heavy atom. The number of aliphatic hydroxyl groups excluding tert-OH is 2. The van der Waals surface area contributed by atoms with Crippen molar-refractivity contribution in [1.82, 2.24) is 5.32 Å². The lowest BCUT2D eigenvalue weighted by molar-refractivity contribution is -0.143. The molecule has 6 heteroatoms. The Morgan fingerprint density at radius 3 is 1.14 bits per heavy atom. The lowest BCUT2D eigenvalue weighted by Gasteiger charge is -2.22. The summed E-state index contributed by atoms with van der Waals surface area (Å²) in [5.74, 6) is -0.0539. The fourth-order valence-electron chi connectivity index (χ4n) is 9.04. The van der Waals surface area contributed by atoms with Crippen LogP contribution in [0.2, 0.25) is 0 Å². The minimum absolute atomic E-state index is 0.00971. The first-order valence-corrected chi connectivity index (χ1v) is 29.1. The zero-order valence-electron chi connectivity index (χ0n) is 43.7. The largest absolute Gasteiger partial charge is 0.466 e. The zero-order chi connectivity index (χ0) is 47.2. The molecule has 0 saturated carbocycles. The van der Waals surface area contributed by atoms with Crippen LogP contribution >= 0.6 is 0 Å². The molecular weight excluding hydrogens is 803 g/mol. The third-order valence-electron chi connectivity index (χ3n) is 13.5. The summed E-state index contributed by atoms with van der Waals surface area (Å²) in [4.78, 5) is 24.5. The highest BCUT2D eigenvalue weighted by Crippen LogP contribution is 2.17. The maximum Gasteiger partial charge on any atom is 0.305 e. The second-order valence-corrected chi connectivity index (χ2v) is 20.0. The Hall–Kier alpha value is -1.66. The van der Waals surface area contributed by atoms with E-state index in [9.17, 15) is 19.8 Å². The van der Waals surface area contributed by atoms with E-state index in [4.69, 9.17) is 4.74 Å². The van der Waals surface area contributed by atoms with Crippen molar-refractivity contribution in [1.29, 1.82) is 0 Å². The van der Waals surface area contributed by atoms with E-state index in [1.807, 2.05) is 0 Å². The van der Waals surface area contributed by atoms with Gasteiger partial charge in [0.15, 0.2) is 0 Å². The number of esters is 1. The summed E-state index contributed by atoms with van der Waals surface area (Å²) in [5, 5.41) is 23.2. The van der Waals surface area contributed by atoms with Crippen LogP contribution in [0.1, 0.15) is 316 Å². The fourth-order valence-corrected chi connectivity index (χ4v) is 9.04. The summed E-state index contributed by atoms with van der Waals surface area (Å²) in [7, 11) is 0. The van der Waals surface area contributed by atoms with Crippen LogP contribution in [0, 0.1) is 0 Å². The van der Waals surface area contributed by atoms with Crippen LogP contribution in [0.4, 0.5) is 0 Å². The van der Waals surface area contributed by atoms with Gasteiger partial charge in [-0.05, 0) is 57.8 Å². The number of hydrogen-bond donors (Lipinski definition) is 3. The number of unbranched alkanes of at least 4 members (excludes halogenated alkanes) is 40. The van der Waals surface area contributed by atoms with Crippen LogP contribution in [0.15, 0.2) is 24.3 Å². The second kappa shape index (κ2) is 54.9. The number of nitrogens with one attached hydrogen (secondary N) is 1. The normalized spacial score (nSPS) is 12.7. The summed E-state index contributed by atoms with van der Waals surface area (Å²) in [6.07, 6.45) is 66.0. The van der Waals surface area contributed by atoms with Crippen LogP contribution in [0.5, 0.6) is 0 Å². The smallest absolute Gasteiger partial charge is 0.305 e. The van der Waals surface area contributed by atoms with Crippen molar-refractivity contribution in [3.8, 4) is 0 Å². The molecule has 0 bridgehead atoms. The van der Waals surface area contributed by atoms with Gasteiger partial charge < -0.3 is 20.3 Å². The van der Waals surface area contributed by atoms with E-state index in [1.165, 1.54) is 212 Å². The standard InChI is InChI=1S/C59H113NO5/c1-3-5-7-9-11-13-15-17-18-25-29-33-37-41-45-49-53-59(64)65-54-50-46-42-38-34-30-26-23-21-19-20-22-24-28-32-36-40-44-48-52-58(63)60-56(55-61)57(62)51-47-43-39-35-31-27-16-14-12-10-8-6-4-2/h23,26,30,34,56-57,61-62H,3-22,24-25,27-29,31-33,35-55H2,1-2H3,(H,60,63)/b26-23-,34-30-. The number of amides is 1. The molecule has 0 radical (unpaired) electrons. The van der Waals surface area contributed by atoms with Crippen molar-refractivity contribution in [2.24, 2.45) is 0 Å². The van der Waals surface area contributed by atoms with Gasteiger partial charge in [0.05, 0.1) is 25.4 Å². The van der Waals surface area contributed by atoms with E-state index >= 15 is 0 Å². The van der Waals surface area contributed by atoms with Crippen LogP contribution in [-0.2, 0) is 14.3 Å². The van der Waals surface area contributed by atoms with Gasteiger partial charge in [-0.2, -0.15) is 0 Å². The van der Waals surface area contributed by atoms with Gasteiger partial charge in [0.2, 0.25) is 5.91 Å². The molecule has 0 aliphatic carbocycles. The van der Waals surface area contributed by atoms with Crippen molar-refractivity contribution in [2.75, 3.05) is 13.2 Å². The summed E-state index contributed by atoms with van der Waals surface area (Å²) in [6.45, 7) is 4.92. The summed E-state index contributed by atoms with van der Waals surface area (Å²) in [5.41, 5.74) is 0. The first-order chi connectivity index (χ1) is 32.0. The molecule has 6 nitrogen and oxygen atoms in total. The van der Waals surface area contributed by atoms with Gasteiger partial charge in [-0.3, -0.25) is 9.59 Å². The predicted octanol–water partition coefficient (Wildman–Crippen LogP) is 17.9. The van der Waals surface area contributed by atoms with Gasteiger partial charge in [0.1, 0.15) is 0 Å². The highest BCUT2D eigenvalue weighted by Gasteiger charge is 2.20. The van der Waals surface area contributed by atoms with Gasteiger partial charge in [0.25, 0.3) is 0 Å². The monoisotopic (exact) mass is 916 g/mol. The minimum atomic E-state index is -0.670. The number of ether oxygens (including phenoxy) is 1. The SMILES string of the molecule is CCCCCCCCCCCCCCCCCCC(=O)OCCCCC/C=C\C=C/CCCCCCCCCCCCC(=O)NC(CO)C(O)CCCCCCCCCCCCCCC. The number of aliphatic hydroxyl groups is 2. The molecule has 0 aromatic heterocycles. The lowest BCUT2D eigenvalue weighted by atomic mass is 10.0. The summed E-state index contributed by atoms with van der Waals surface area (Å²) in [6, 6.07) is -0.548. The zero-order valence-corrected chi connectivity index (χ0v) is 43.7. The minimum Gasteiger partial charge on any atom is -0.466 e. The molecule has 0 rings (SSSR count). The summed E-state index contributed by atoms with van der Waals surface area (Å²) >= 11 is 0. The van der Waals surface area contributed by atoms with E-state index in [1.54, 1.807) is 0 Å². The third-order valence-corrected chi connectivity index (χ3v) is 13.5. The average molecular weight is 917 g/mol. The predicted molar refractivity (Wildman–Crippen MR) is 283 cm³/mol. The van der Waals surface area contributed by atoms with Gasteiger partial charge in [-0.15, -0.1) is 0 Å². The molecule has 0 fully saturated rings. The topological polar surface area (TPSA) is 95.9 Å². The van der Waals surface area contributed by atoms with Gasteiger partial charge >= 0.3 is 5.97 Å². The summed E-state index contributed by atoms with van der Waals surface area (Å²) < 4.78 is 5.46. The second-order valence-electron chi connectivity index (χ2n) is 20.0. The van der Waals surface area contributed by atoms with Gasteiger partial charge in [-0.25, -0.2) is 0 Å².